The maximum Gasteiger partial charge on any atom is 0.407 e. The molecule has 2 aromatic carbocycles. The average Bonchev–Trinajstić information content (AvgIpc) is 3.43. The number of carboxylic acid groups (broad SMARTS) is 1. The second-order valence-corrected chi connectivity index (χ2v) is 13.2. The number of ether oxygens (including phenoxy) is 1. The minimum Gasteiger partial charge on any atom is -0.465 e. The summed E-state index contributed by atoms with van der Waals surface area (Å²) in [5.74, 6) is 2.70. The number of nitrogens with one attached hydrogen (secondary N) is 1. The van der Waals surface area contributed by atoms with Crippen molar-refractivity contribution in [2.75, 3.05) is 44.6 Å². The van der Waals surface area contributed by atoms with E-state index in [-0.39, 0.29) is 11.5 Å². The molecule has 2 saturated heterocycles. The van der Waals surface area contributed by atoms with Gasteiger partial charge in [-0.1, -0.05) is 32.0 Å². The summed E-state index contributed by atoms with van der Waals surface area (Å²) in [6, 6.07) is 17.5. The highest BCUT2D eigenvalue weighted by Crippen LogP contribution is 2.41. The van der Waals surface area contributed by atoms with Gasteiger partial charge >= 0.3 is 6.09 Å². The average molecular weight is 601 g/mol. The van der Waals surface area contributed by atoms with Crippen molar-refractivity contribution < 1.29 is 19.4 Å². The number of carbonyl (C=O) groups is 2. The zero-order valence-corrected chi connectivity index (χ0v) is 25.7. The van der Waals surface area contributed by atoms with Crippen LogP contribution in [0.25, 0.3) is 11.3 Å². The Bertz CT molecular complexity index is 1450. The molecule has 0 radical (unpaired) electrons. The largest absolute Gasteiger partial charge is 0.465 e. The highest BCUT2D eigenvalue weighted by Gasteiger charge is 2.38. The smallest absolute Gasteiger partial charge is 0.407 e. The van der Waals surface area contributed by atoms with Crippen LogP contribution in [-0.2, 0) is 0 Å². The van der Waals surface area contributed by atoms with E-state index in [1.807, 2.05) is 59.3 Å². The van der Waals surface area contributed by atoms with Gasteiger partial charge in [-0.25, -0.2) is 9.48 Å². The van der Waals surface area contributed by atoms with Gasteiger partial charge < -0.3 is 30.7 Å². The maximum absolute atomic E-state index is 12.7. The van der Waals surface area contributed by atoms with Gasteiger partial charge in [-0.2, -0.15) is 5.10 Å². The lowest BCUT2D eigenvalue weighted by Gasteiger charge is -2.45. The Morgan fingerprint density at radius 3 is 2.25 bits per heavy atom. The number of nitrogens with zero attached hydrogens (tertiary/aromatic N) is 4. The Balaban J connectivity index is 1.13. The predicted octanol–water partition coefficient (Wildman–Crippen LogP) is 5.93. The molecule has 6 rings (SSSR count). The third-order valence-electron chi connectivity index (χ3n) is 9.99. The SMILES string of the molecule is CC(C)(CN1CCC([C@@H]2CCNc3c(C(N)=O)c(-c4ccc(Oc5ccccc5)cc4)nn32)CC1)C1CCN(C(=O)O)CC1. The van der Waals surface area contributed by atoms with Crippen LogP contribution in [0.1, 0.15) is 62.4 Å². The number of likely N-dealkylation sites (tertiary alicyclic amines) is 2. The summed E-state index contributed by atoms with van der Waals surface area (Å²) in [7, 11) is 0. The molecular weight excluding hydrogens is 556 g/mol. The third kappa shape index (κ3) is 6.26. The molecule has 2 fully saturated rings. The second-order valence-electron chi connectivity index (χ2n) is 13.2. The molecule has 3 aliphatic rings. The van der Waals surface area contributed by atoms with Crippen molar-refractivity contribution in [2.45, 2.75) is 52.0 Å². The van der Waals surface area contributed by atoms with E-state index in [0.717, 1.165) is 75.4 Å². The number of nitrogens with two attached hydrogens (primary N) is 1. The highest BCUT2D eigenvalue weighted by atomic mass is 16.5. The number of carbonyl (C=O) groups excluding carboxylic acids is 1. The summed E-state index contributed by atoms with van der Waals surface area (Å²) in [5.41, 5.74) is 7.95. The minimum atomic E-state index is -0.803. The number of hydrogen-bond acceptors (Lipinski definition) is 6. The Kier molecular flexibility index (Phi) is 8.53. The molecule has 0 bridgehead atoms. The van der Waals surface area contributed by atoms with E-state index in [1.54, 1.807) is 4.90 Å². The fraction of sp³-hybridized carbons (Fsp3) is 0.500. The first kappa shape index (κ1) is 30.0. The van der Waals surface area contributed by atoms with Gasteiger partial charge in [0.25, 0.3) is 5.91 Å². The van der Waals surface area contributed by atoms with Crippen molar-refractivity contribution in [3.05, 3.63) is 60.2 Å². The van der Waals surface area contributed by atoms with Crippen molar-refractivity contribution in [2.24, 2.45) is 23.0 Å². The molecule has 234 valence electrons. The third-order valence-corrected chi connectivity index (χ3v) is 9.99. The Morgan fingerprint density at radius 2 is 1.61 bits per heavy atom. The Morgan fingerprint density at radius 1 is 0.955 bits per heavy atom. The van der Waals surface area contributed by atoms with Crippen molar-refractivity contribution in [3.63, 3.8) is 0 Å². The van der Waals surface area contributed by atoms with Crippen LogP contribution in [0.4, 0.5) is 10.6 Å². The highest BCUT2D eigenvalue weighted by molar-refractivity contribution is 6.03. The van der Waals surface area contributed by atoms with E-state index in [0.29, 0.717) is 41.9 Å². The van der Waals surface area contributed by atoms with Crippen molar-refractivity contribution in [1.82, 2.24) is 19.6 Å². The number of aromatic nitrogens is 2. The van der Waals surface area contributed by atoms with E-state index in [9.17, 15) is 14.7 Å². The number of anilines is 1. The zero-order chi connectivity index (χ0) is 30.8. The van der Waals surface area contributed by atoms with Crippen LogP contribution < -0.4 is 15.8 Å². The van der Waals surface area contributed by atoms with Crippen molar-refractivity contribution >= 4 is 17.8 Å². The fourth-order valence-electron chi connectivity index (χ4n) is 7.53. The monoisotopic (exact) mass is 600 g/mol. The van der Waals surface area contributed by atoms with Crippen molar-refractivity contribution in [1.29, 1.82) is 0 Å². The number of hydrogen-bond donors (Lipinski definition) is 3. The van der Waals surface area contributed by atoms with Crippen LogP contribution in [0.3, 0.4) is 0 Å². The molecule has 10 heteroatoms. The topological polar surface area (TPSA) is 126 Å². The van der Waals surface area contributed by atoms with E-state index >= 15 is 0 Å². The van der Waals surface area contributed by atoms with Gasteiger partial charge in [0.2, 0.25) is 0 Å². The van der Waals surface area contributed by atoms with Gasteiger partial charge in [0.15, 0.2) is 0 Å². The molecule has 3 aliphatic heterocycles. The lowest BCUT2D eigenvalue weighted by molar-refractivity contribution is 0.0451. The summed E-state index contributed by atoms with van der Waals surface area (Å²) in [6.45, 7) is 9.82. The van der Waals surface area contributed by atoms with E-state index in [1.165, 1.54) is 0 Å². The van der Waals surface area contributed by atoms with Gasteiger partial charge in [-0.15, -0.1) is 0 Å². The number of piperidine rings is 2. The first-order valence-electron chi connectivity index (χ1n) is 15.9. The number of para-hydroxylation sites is 1. The van der Waals surface area contributed by atoms with E-state index in [4.69, 9.17) is 15.6 Å². The molecule has 44 heavy (non-hydrogen) atoms. The molecule has 0 unspecified atom stereocenters. The number of fused-ring (bicyclic) bond motifs is 1. The number of rotatable bonds is 8. The Hall–Kier alpha value is -4.05. The summed E-state index contributed by atoms with van der Waals surface area (Å²) in [4.78, 5) is 28.2. The first-order chi connectivity index (χ1) is 21.2. The summed E-state index contributed by atoms with van der Waals surface area (Å²) >= 11 is 0. The molecule has 4 heterocycles. The van der Waals surface area contributed by atoms with Gasteiger partial charge in [0, 0.05) is 31.7 Å². The van der Waals surface area contributed by atoms with Crippen LogP contribution in [0.2, 0.25) is 0 Å². The van der Waals surface area contributed by atoms with Crippen LogP contribution >= 0.6 is 0 Å². The summed E-state index contributed by atoms with van der Waals surface area (Å²) in [5, 5.41) is 17.8. The fourth-order valence-corrected chi connectivity index (χ4v) is 7.53. The van der Waals surface area contributed by atoms with Crippen molar-refractivity contribution in [3.8, 4) is 22.8 Å². The second kappa shape index (κ2) is 12.5. The Labute approximate surface area is 259 Å². The van der Waals surface area contributed by atoms with Crippen LogP contribution in [0.5, 0.6) is 11.5 Å². The molecule has 0 spiro atoms. The number of amides is 2. The van der Waals surface area contributed by atoms with Gasteiger partial charge in [0.1, 0.15) is 28.6 Å². The van der Waals surface area contributed by atoms with Crippen LogP contribution in [-0.4, -0.2) is 76.0 Å². The number of primary amides is 1. The quantitative estimate of drug-likeness (QED) is 0.293. The first-order valence-corrected chi connectivity index (χ1v) is 15.9. The maximum atomic E-state index is 12.7. The van der Waals surface area contributed by atoms with Crippen LogP contribution in [0.15, 0.2) is 54.6 Å². The molecular formula is C34H44N6O4. The van der Waals surface area contributed by atoms with Crippen LogP contribution in [0, 0.1) is 17.3 Å². The molecule has 10 nitrogen and oxygen atoms in total. The lowest BCUT2D eigenvalue weighted by Crippen LogP contribution is -2.47. The molecule has 0 aliphatic carbocycles. The molecule has 3 aromatic rings. The normalized spacial score (nSPS) is 20.1. The molecule has 4 N–H and O–H groups in total. The lowest BCUT2D eigenvalue weighted by atomic mass is 9.73. The molecule has 1 aromatic heterocycles. The molecule has 0 saturated carbocycles. The molecule has 1 atom stereocenters. The minimum absolute atomic E-state index is 0.133. The van der Waals surface area contributed by atoms with E-state index in [2.05, 4.69) is 24.1 Å². The van der Waals surface area contributed by atoms with Gasteiger partial charge in [-0.05, 0) is 98.8 Å². The van der Waals surface area contributed by atoms with E-state index < -0.39 is 12.0 Å². The summed E-state index contributed by atoms with van der Waals surface area (Å²) in [6.07, 6.45) is 4.16. The van der Waals surface area contributed by atoms with Gasteiger partial charge in [0.05, 0.1) is 6.04 Å². The standard InChI is InChI=1S/C34H44N6O4/c1-34(2,25-15-20-39(21-16-25)33(42)43)22-38-18-13-23(14-19-38)28-12-17-36-32-29(31(35)41)30(37-40(28)32)24-8-10-27(11-9-24)44-26-6-4-3-5-7-26/h3-11,23,25,28,36H,12-22H2,1-2H3,(H2,35,41)(H,42,43)/t28-/m0/s1. The summed E-state index contributed by atoms with van der Waals surface area (Å²) < 4.78 is 7.99. The zero-order valence-electron chi connectivity index (χ0n) is 25.7. The predicted molar refractivity (Wildman–Crippen MR) is 170 cm³/mol. The molecule has 2 amide bonds. The number of benzene rings is 2. The van der Waals surface area contributed by atoms with Gasteiger partial charge in [-0.3, -0.25) is 4.79 Å².